The van der Waals surface area contributed by atoms with E-state index in [0.717, 1.165) is 19.3 Å². The normalized spacial score (nSPS) is 14.1. The molecular formula is C36H71O10P. The van der Waals surface area contributed by atoms with Crippen molar-refractivity contribution in [2.45, 2.75) is 193 Å². The second-order valence-corrected chi connectivity index (χ2v) is 14.3. The summed E-state index contributed by atoms with van der Waals surface area (Å²) in [4.78, 5) is 33.2. The molecular weight excluding hydrogens is 623 g/mol. The van der Waals surface area contributed by atoms with Crippen molar-refractivity contribution in [3.05, 3.63) is 0 Å². The Morgan fingerprint density at radius 1 is 0.511 bits per heavy atom. The molecule has 280 valence electrons. The number of rotatable bonds is 36. The Morgan fingerprint density at radius 2 is 0.809 bits per heavy atom. The van der Waals surface area contributed by atoms with Gasteiger partial charge in [0.25, 0.3) is 0 Å². The molecule has 10 nitrogen and oxygen atoms in total. The number of phosphoric ester groups is 1. The molecule has 3 atom stereocenters. The van der Waals surface area contributed by atoms with E-state index in [-0.39, 0.29) is 12.8 Å². The van der Waals surface area contributed by atoms with E-state index in [1.165, 1.54) is 128 Å². The van der Waals surface area contributed by atoms with Gasteiger partial charge in [-0.05, 0) is 6.42 Å². The summed E-state index contributed by atoms with van der Waals surface area (Å²) < 4.78 is 31.6. The number of carbonyl (C=O) groups is 2. The predicted molar refractivity (Wildman–Crippen MR) is 187 cm³/mol. The third-order valence-corrected chi connectivity index (χ3v) is 9.32. The first-order valence-electron chi connectivity index (χ1n) is 19.0. The van der Waals surface area contributed by atoms with Crippen molar-refractivity contribution in [1.82, 2.24) is 0 Å². The maximum Gasteiger partial charge on any atom is 0.472 e. The number of esters is 2. The highest BCUT2D eigenvalue weighted by atomic mass is 31.2. The van der Waals surface area contributed by atoms with Gasteiger partial charge in [-0.1, -0.05) is 162 Å². The molecule has 0 aromatic carbocycles. The van der Waals surface area contributed by atoms with Crippen LogP contribution in [0.4, 0.5) is 0 Å². The number of hydrogen-bond acceptors (Lipinski definition) is 9. The Bertz CT molecular complexity index is 766. The first-order chi connectivity index (χ1) is 22.8. The molecule has 0 spiro atoms. The molecule has 0 aromatic heterocycles. The highest BCUT2D eigenvalue weighted by Crippen LogP contribution is 2.43. The first kappa shape index (κ1) is 46.0. The molecule has 0 aliphatic heterocycles. The van der Waals surface area contributed by atoms with Crippen LogP contribution in [0.25, 0.3) is 0 Å². The molecule has 47 heavy (non-hydrogen) atoms. The van der Waals surface area contributed by atoms with Crippen LogP contribution in [0.15, 0.2) is 0 Å². The monoisotopic (exact) mass is 694 g/mol. The molecule has 0 amide bonds. The predicted octanol–water partition coefficient (Wildman–Crippen LogP) is 9.11. The van der Waals surface area contributed by atoms with Crippen molar-refractivity contribution in [2.75, 3.05) is 26.4 Å². The summed E-state index contributed by atoms with van der Waals surface area (Å²) in [5.74, 6) is -1.10. The van der Waals surface area contributed by atoms with Crippen LogP contribution in [0.1, 0.15) is 181 Å². The highest BCUT2D eigenvalue weighted by molar-refractivity contribution is 7.47. The number of unbranched alkanes of at least 4 members (excludes halogenated alkanes) is 23. The van der Waals surface area contributed by atoms with Gasteiger partial charge in [0.05, 0.1) is 26.4 Å². The lowest BCUT2D eigenvalue weighted by Crippen LogP contribution is -2.28. The van der Waals surface area contributed by atoms with Gasteiger partial charge in [-0.15, -0.1) is 0 Å². The second-order valence-electron chi connectivity index (χ2n) is 12.9. The van der Waals surface area contributed by atoms with E-state index in [2.05, 4.69) is 6.92 Å². The number of aliphatic hydroxyl groups excluding tert-OH is 2. The fourth-order valence-electron chi connectivity index (χ4n) is 5.39. The fourth-order valence-corrected chi connectivity index (χ4v) is 6.17. The van der Waals surface area contributed by atoms with Crippen molar-refractivity contribution < 1.29 is 47.8 Å². The summed E-state index contributed by atoms with van der Waals surface area (Å²) in [5, 5.41) is 18.7. The number of phosphoric acid groups is 1. The number of aliphatic hydroxyl groups is 2. The number of carbonyl (C=O) groups excluding carboxylic acids is 2. The van der Waals surface area contributed by atoms with Crippen LogP contribution in [0, 0.1) is 0 Å². The van der Waals surface area contributed by atoms with Gasteiger partial charge < -0.3 is 24.6 Å². The summed E-state index contributed by atoms with van der Waals surface area (Å²) in [6, 6.07) is 0. The number of hydrogen-bond donors (Lipinski definition) is 3. The molecule has 0 fully saturated rings. The maximum atomic E-state index is 12.1. The summed E-state index contributed by atoms with van der Waals surface area (Å²) in [7, 11) is -4.59. The molecule has 0 aliphatic rings. The largest absolute Gasteiger partial charge is 0.472 e. The molecule has 0 heterocycles. The Hall–Kier alpha value is -1.03. The van der Waals surface area contributed by atoms with Gasteiger partial charge in [0.1, 0.15) is 12.2 Å². The van der Waals surface area contributed by atoms with Crippen LogP contribution in [0.5, 0.6) is 0 Å². The van der Waals surface area contributed by atoms with Gasteiger partial charge >= 0.3 is 19.8 Å². The van der Waals surface area contributed by atoms with Gasteiger partial charge in [-0.2, -0.15) is 0 Å². The van der Waals surface area contributed by atoms with E-state index >= 15 is 0 Å². The van der Waals surface area contributed by atoms with E-state index < -0.39 is 58.4 Å². The molecule has 11 heteroatoms. The zero-order chi connectivity index (χ0) is 34.9. The van der Waals surface area contributed by atoms with Crippen LogP contribution in [0.2, 0.25) is 0 Å². The van der Waals surface area contributed by atoms with Crippen molar-refractivity contribution in [2.24, 2.45) is 0 Å². The zero-order valence-electron chi connectivity index (χ0n) is 30.0. The summed E-state index contributed by atoms with van der Waals surface area (Å²) in [6.45, 7) is 1.56. The smallest absolute Gasteiger partial charge is 0.457 e. The maximum absolute atomic E-state index is 12.1. The van der Waals surface area contributed by atoms with Gasteiger partial charge in [0.2, 0.25) is 0 Å². The van der Waals surface area contributed by atoms with Crippen LogP contribution < -0.4 is 0 Å². The molecule has 3 unspecified atom stereocenters. The quantitative estimate of drug-likeness (QED) is 0.0329. The Balaban J connectivity index is 3.59. The molecule has 0 aliphatic carbocycles. The Morgan fingerprint density at radius 3 is 1.11 bits per heavy atom. The van der Waals surface area contributed by atoms with E-state index in [9.17, 15) is 29.3 Å². The van der Waals surface area contributed by atoms with Crippen molar-refractivity contribution >= 4 is 19.8 Å². The van der Waals surface area contributed by atoms with Crippen molar-refractivity contribution in [3.63, 3.8) is 0 Å². The molecule has 0 saturated carbocycles. The average Bonchev–Trinajstić information content (AvgIpc) is 3.06. The third-order valence-electron chi connectivity index (χ3n) is 8.37. The summed E-state index contributed by atoms with van der Waals surface area (Å²) in [5.41, 5.74) is 0. The van der Waals surface area contributed by atoms with Gasteiger partial charge in [0, 0.05) is 12.8 Å². The van der Waals surface area contributed by atoms with E-state index in [0.29, 0.717) is 6.42 Å². The Kier molecular flexibility index (Phi) is 32.7. The summed E-state index contributed by atoms with van der Waals surface area (Å²) >= 11 is 0. The first-order valence-corrected chi connectivity index (χ1v) is 20.5. The van der Waals surface area contributed by atoms with Gasteiger partial charge in [0.15, 0.2) is 0 Å². The molecule has 3 N–H and O–H groups in total. The Labute approximate surface area is 286 Å². The second kappa shape index (κ2) is 33.5. The van der Waals surface area contributed by atoms with Crippen molar-refractivity contribution in [1.29, 1.82) is 0 Å². The molecule has 0 rings (SSSR count). The van der Waals surface area contributed by atoms with Crippen LogP contribution in [0.3, 0.4) is 0 Å². The lowest BCUT2D eigenvalue weighted by Gasteiger charge is -2.20. The van der Waals surface area contributed by atoms with Crippen molar-refractivity contribution in [3.8, 4) is 0 Å². The molecule has 0 radical (unpaired) electrons. The zero-order valence-corrected chi connectivity index (χ0v) is 30.9. The SMILES string of the molecule is CCCCCCCCCCCCCCCCCCCCCCCCCCC(=O)OC(CO)COP(=O)(O)OCC(CO)OC(=O)CC. The minimum Gasteiger partial charge on any atom is -0.457 e. The van der Waals surface area contributed by atoms with E-state index in [1.807, 2.05) is 0 Å². The summed E-state index contributed by atoms with van der Waals surface area (Å²) in [6.07, 6.45) is 29.5. The number of ether oxygens (including phenoxy) is 2. The van der Waals surface area contributed by atoms with Crippen LogP contribution in [-0.4, -0.2) is 65.7 Å². The van der Waals surface area contributed by atoms with E-state index in [1.54, 1.807) is 6.92 Å². The molecule has 0 saturated heterocycles. The van der Waals surface area contributed by atoms with Crippen LogP contribution in [-0.2, 0) is 32.7 Å². The molecule has 0 bridgehead atoms. The third kappa shape index (κ3) is 32.0. The lowest BCUT2D eigenvalue weighted by atomic mass is 10.0. The van der Waals surface area contributed by atoms with E-state index in [4.69, 9.17) is 18.5 Å². The molecule has 0 aromatic rings. The average molecular weight is 695 g/mol. The fraction of sp³-hybridized carbons (Fsp3) is 0.944. The van der Waals surface area contributed by atoms with Gasteiger partial charge in [-0.3, -0.25) is 18.6 Å². The minimum atomic E-state index is -4.59. The minimum absolute atomic E-state index is 0.0764. The lowest BCUT2D eigenvalue weighted by molar-refractivity contribution is -0.153. The van der Waals surface area contributed by atoms with Gasteiger partial charge in [-0.25, -0.2) is 4.57 Å². The standard InChI is InChI=1S/C36H71O10P/c1-3-5-6-7-8-9-10-11-12-13-14-15-16-17-18-19-20-21-22-23-24-25-26-27-28-36(40)46-34(30-38)32-44-47(41,42)43-31-33(29-37)45-35(39)4-2/h33-34,37-38H,3-32H2,1-2H3,(H,41,42). The van der Waals surface area contributed by atoms with Crippen LogP contribution >= 0.6 is 7.82 Å². The highest BCUT2D eigenvalue weighted by Gasteiger charge is 2.27. The topological polar surface area (TPSA) is 149 Å².